The van der Waals surface area contributed by atoms with Gasteiger partial charge in [0.25, 0.3) is 0 Å². The predicted octanol–water partition coefficient (Wildman–Crippen LogP) is 8.22. The Bertz CT molecular complexity index is 301. The van der Waals surface area contributed by atoms with Gasteiger partial charge in [0.1, 0.15) is 4.58 Å². The van der Waals surface area contributed by atoms with Crippen molar-refractivity contribution in [2.24, 2.45) is 0 Å². The second-order valence-corrected chi connectivity index (χ2v) is 10.7. The summed E-state index contributed by atoms with van der Waals surface area (Å²) in [5.74, 6) is 2.17. The van der Waals surface area contributed by atoms with Gasteiger partial charge in [-0.25, -0.2) is 4.79 Å². The number of rotatable bonds is 21. The Labute approximate surface area is 186 Å². The molecule has 0 saturated carbocycles. The van der Waals surface area contributed by atoms with Crippen LogP contribution in [0.4, 0.5) is 0 Å². The summed E-state index contributed by atoms with van der Waals surface area (Å²) in [7, 11) is 0. The number of unbranched alkanes of at least 4 members (excludes halogenated alkanes) is 11. The van der Waals surface area contributed by atoms with Gasteiger partial charge in [-0.3, -0.25) is 0 Å². The fourth-order valence-electron chi connectivity index (χ4n) is 2.77. The Morgan fingerprint density at radius 1 is 0.741 bits per heavy atom. The van der Waals surface area contributed by atoms with Crippen LogP contribution in [0.2, 0.25) is 0 Å². The highest BCUT2D eigenvalue weighted by molar-refractivity contribution is 9.09. The van der Waals surface area contributed by atoms with E-state index in [2.05, 4.69) is 29.8 Å². The van der Waals surface area contributed by atoms with E-state index in [0.717, 1.165) is 29.7 Å². The Morgan fingerprint density at radius 2 is 1.22 bits per heavy atom. The van der Waals surface area contributed by atoms with Gasteiger partial charge in [0.2, 0.25) is 0 Å². The Hall–Kier alpha value is 0.650. The third-order valence-electron chi connectivity index (χ3n) is 4.50. The van der Waals surface area contributed by atoms with Crippen molar-refractivity contribution in [3.8, 4) is 0 Å². The molecule has 0 N–H and O–H groups in total. The van der Waals surface area contributed by atoms with Gasteiger partial charge >= 0.3 is 5.97 Å². The molecule has 0 aliphatic heterocycles. The second kappa shape index (κ2) is 22.9. The molecule has 0 rings (SSSR count). The normalized spacial score (nSPS) is 11.3. The molecule has 0 amide bonds. The van der Waals surface area contributed by atoms with E-state index in [-0.39, 0.29) is 10.6 Å². The minimum atomic E-state index is -0.0232. The zero-order valence-electron chi connectivity index (χ0n) is 17.8. The van der Waals surface area contributed by atoms with E-state index in [9.17, 15) is 4.79 Å². The topological polar surface area (TPSA) is 26.3 Å². The molecule has 0 aliphatic carbocycles. The van der Waals surface area contributed by atoms with Crippen LogP contribution in [0.5, 0.6) is 0 Å². The number of esters is 1. The van der Waals surface area contributed by atoms with E-state index in [1.54, 1.807) is 0 Å². The zero-order valence-corrected chi connectivity index (χ0v) is 21.0. The maximum absolute atomic E-state index is 12.5. The molecule has 0 atom stereocenters. The van der Waals surface area contributed by atoms with Crippen LogP contribution in [0.3, 0.4) is 0 Å². The largest absolute Gasteiger partial charge is 0.464 e. The number of hydrogen-bond donors (Lipinski definition) is 0. The van der Waals surface area contributed by atoms with E-state index in [4.69, 9.17) is 4.74 Å². The van der Waals surface area contributed by atoms with E-state index in [1.807, 2.05) is 23.5 Å². The number of ether oxygens (including phenoxy) is 1. The smallest absolute Gasteiger partial charge is 0.329 e. The Balaban J connectivity index is 4.02. The molecule has 27 heavy (non-hydrogen) atoms. The fourth-order valence-corrected chi connectivity index (χ4v) is 5.70. The fraction of sp³-hybridized carbons (Fsp3) is 0.955. The van der Waals surface area contributed by atoms with E-state index >= 15 is 0 Å². The zero-order chi connectivity index (χ0) is 20.0. The second-order valence-electron chi connectivity index (χ2n) is 7.17. The molecule has 0 saturated heterocycles. The number of alkyl halides is 1. The van der Waals surface area contributed by atoms with Crippen LogP contribution in [-0.2, 0) is 9.53 Å². The highest BCUT2D eigenvalue weighted by Gasteiger charge is 2.20. The van der Waals surface area contributed by atoms with Crippen LogP contribution in [-0.4, -0.2) is 34.0 Å². The first kappa shape index (κ1) is 27.6. The first-order chi connectivity index (χ1) is 13.3. The summed E-state index contributed by atoms with van der Waals surface area (Å²) in [6.07, 6.45) is 17.5. The van der Waals surface area contributed by atoms with Crippen LogP contribution >= 0.6 is 39.5 Å². The highest BCUT2D eigenvalue weighted by atomic mass is 79.9. The van der Waals surface area contributed by atoms with Crippen LogP contribution in [0, 0.1) is 0 Å². The summed E-state index contributed by atoms with van der Waals surface area (Å²) >= 11 is 7.08. The van der Waals surface area contributed by atoms with Gasteiger partial charge in [0.15, 0.2) is 0 Å². The number of hydrogen-bond acceptors (Lipinski definition) is 4. The van der Waals surface area contributed by atoms with E-state index in [1.165, 1.54) is 77.0 Å². The van der Waals surface area contributed by atoms with Crippen molar-refractivity contribution in [1.82, 2.24) is 0 Å². The summed E-state index contributed by atoms with van der Waals surface area (Å²) in [5.41, 5.74) is 0. The Kier molecular flexibility index (Phi) is 23.5. The minimum Gasteiger partial charge on any atom is -0.464 e. The molecule has 0 fully saturated rings. The van der Waals surface area contributed by atoms with Crippen LogP contribution in [0.15, 0.2) is 0 Å². The summed E-state index contributed by atoms with van der Waals surface area (Å²) in [4.78, 5) is 12.5. The van der Waals surface area contributed by atoms with Crippen molar-refractivity contribution in [2.45, 2.75) is 108 Å². The summed E-state index contributed by atoms with van der Waals surface area (Å²) in [5, 5.41) is 1.07. The number of carbonyl (C=O) groups is 1. The molecular formula is C22H43BrO2S2. The van der Waals surface area contributed by atoms with Crippen LogP contribution < -0.4 is 0 Å². The molecule has 0 aromatic carbocycles. The van der Waals surface area contributed by atoms with Crippen molar-refractivity contribution < 1.29 is 9.53 Å². The standard InChI is InChI=1S/C22H43BrO2S2/c1-3-5-7-11-15-19-26-22(27-20-16-12-8-6-4-2)21(24)25-18-14-10-9-13-17-23/h22H,3-20H2,1-2H3. The molecule has 0 bridgehead atoms. The van der Waals surface area contributed by atoms with Gasteiger partial charge in [-0.15, -0.1) is 23.5 Å². The molecular weight excluding hydrogens is 440 g/mol. The van der Waals surface area contributed by atoms with Gasteiger partial charge < -0.3 is 4.74 Å². The average molecular weight is 484 g/mol. The van der Waals surface area contributed by atoms with E-state index < -0.39 is 0 Å². The molecule has 0 aromatic heterocycles. The quantitative estimate of drug-likeness (QED) is 0.0711. The molecule has 0 unspecified atom stereocenters. The summed E-state index contributed by atoms with van der Waals surface area (Å²) in [6, 6.07) is 0. The van der Waals surface area contributed by atoms with Gasteiger partial charge in [-0.2, -0.15) is 0 Å². The lowest BCUT2D eigenvalue weighted by atomic mass is 10.2. The van der Waals surface area contributed by atoms with Crippen molar-refractivity contribution in [3.05, 3.63) is 0 Å². The molecule has 0 spiro atoms. The molecule has 162 valence electrons. The molecule has 5 heteroatoms. The average Bonchev–Trinajstić information content (AvgIpc) is 2.68. The monoisotopic (exact) mass is 482 g/mol. The van der Waals surface area contributed by atoms with Crippen molar-refractivity contribution >= 4 is 45.4 Å². The molecule has 0 radical (unpaired) electrons. The van der Waals surface area contributed by atoms with Gasteiger partial charge in [0.05, 0.1) is 6.61 Å². The molecule has 2 nitrogen and oxygen atoms in total. The van der Waals surface area contributed by atoms with Crippen molar-refractivity contribution in [2.75, 3.05) is 23.4 Å². The molecule has 0 aromatic rings. The van der Waals surface area contributed by atoms with Gasteiger partial charge in [-0.1, -0.05) is 94.0 Å². The maximum Gasteiger partial charge on any atom is 0.329 e. The predicted molar refractivity (Wildman–Crippen MR) is 129 cm³/mol. The lowest BCUT2D eigenvalue weighted by molar-refractivity contribution is -0.141. The van der Waals surface area contributed by atoms with Crippen molar-refractivity contribution in [3.63, 3.8) is 0 Å². The van der Waals surface area contributed by atoms with Crippen LogP contribution in [0.25, 0.3) is 0 Å². The Morgan fingerprint density at radius 3 is 1.74 bits per heavy atom. The third kappa shape index (κ3) is 19.7. The lowest BCUT2D eigenvalue weighted by Crippen LogP contribution is -2.19. The first-order valence-electron chi connectivity index (χ1n) is 11.2. The number of thioether (sulfide) groups is 2. The number of halogens is 1. The lowest BCUT2D eigenvalue weighted by Gasteiger charge is -2.15. The first-order valence-corrected chi connectivity index (χ1v) is 14.4. The van der Waals surface area contributed by atoms with E-state index in [0.29, 0.717) is 6.61 Å². The van der Waals surface area contributed by atoms with Crippen molar-refractivity contribution in [1.29, 1.82) is 0 Å². The summed E-state index contributed by atoms with van der Waals surface area (Å²) in [6.45, 7) is 5.08. The summed E-state index contributed by atoms with van der Waals surface area (Å²) < 4.78 is 5.56. The van der Waals surface area contributed by atoms with Crippen LogP contribution in [0.1, 0.15) is 104 Å². The van der Waals surface area contributed by atoms with Gasteiger partial charge in [0, 0.05) is 5.33 Å². The molecule has 0 heterocycles. The SMILES string of the molecule is CCCCCCCSC(SCCCCCCC)C(=O)OCCCCCCBr. The highest BCUT2D eigenvalue weighted by Crippen LogP contribution is 2.28. The van der Waals surface area contributed by atoms with Gasteiger partial charge in [-0.05, 0) is 37.2 Å². The number of carbonyl (C=O) groups excluding carboxylic acids is 1. The minimum absolute atomic E-state index is 0.00704. The molecule has 0 aliphatic rings. The maximum atomic E-state index is 12.5. The third-order valence-corrected chi connectivity index (χ3v) is 7.92.